The predicted molar refractivity (Wildman–Crippen MR) is 177 cm³/mol. The first-order valence-corrected chi connectivity index (χ1v) is 15.0. The van der Waals surface area contributed by atoms with Gasteiger partial charge in [0.15, 0.2) is 0 Å². The van der Waals surface area contributed by atoms with E-state index >= 15 is 0 Å². The molecule has 200 valence electrons. The van der Waals surface area contributed by atoms with Gasteiger partial charge in [-0.15, -0.1) is 0 Å². The Morgan fingerprint density at radius 1 is 0.571 bits per heavy atom. The third-order valence-corrected chi connectivity index (χ3v) is 9.12. The number of allylic oxidation sites excluding steroid dienone is 6. The van der Waals surface area contributed by atoms with Gasteiger partial charge in [-0.2, -0.15) is 0 Å². The van der Waals surface area contributed by atoms with E-state index in [1.807, 2.05) is 18.5 Å². The van der Waals surface area contributed by atoms with E-state index in [0.29, 0.717) is 11.8 Å². The van der Waals surface area contributed by atoms with Crippen molar-refractivity contribution in [3.05, 3.63) is 169 Å². The van der Waals surface area contributed by atoms with Crippen molar-refractivity contribution >= 4 is 27.1 Å². The zero-order valence-electron chi connectivity index (χ0n) is 23.4. The molecule has 42 heavy (non-hydrogen) atoms. The summed E-state index contributed by atoms with van der Waals surface area (Å²) in [4.78, 5) is 4.30. The van der Waals surface area contributed by atoms with Gasteiger partial charge in [0.1, 0.15) is 0 Å². The molecule has 1 nitrogen and oxygen atoms in total. The molecule has 1 aromatic heterocycles. The van der Waals surface area contributed by atoms with Gasteiger partial charge in [0, 0.05) is 18.3 Å². The Labute approximate surface area is 247 Å². The molecule has 0 amide bonds. The van der Waals surface area contributed by atoms with E-state index in [0.717, 1.165) is 18.4 Å². The maximum absolute atomic E-state index is 4.30. The minimum Gasteiger partial charge on any atom is -0.264 e. The zero-order chi connectivity index (χ0) is 27.9. The third kappa shape index (κ3) is 4.13. The van der Waals surface area contributed by atoms with Crippen molar-refractivity contribution in [1.29, 1.82) is 0 Å². The summed E-state index contributed by atoms with van der Waals surface area (Å²) in [5, 5.41) is 5.39. The summed E-state index contributed by atoms with van der Waals surface area (Å²) < 4.78 is 0. The summed E-state index contributed by atoms with van der Waals surface area (Å²) in [6, 6.07) is 42.1. The van der Waals surface area contributed by atoms with Gasteiger partial charge in [0.25, 0.3) is 0 Å². The molecule has 0 bridgehead atoms. The fraction of sp³-hybridized carbons (Fsp3) is 0.0976. The van der Waals surface area contributed by atoms with E-state index in [1.165, 1.54) is 60.5 Å². The van der Waals surface area contributed by atoms with Crippen LogP contribution in [0, 0.1) is 5.92 Å². The van der Waals surface area contributed by atoms with E-state index in [1.54, 1.807) is 0 Å². The Hall–Kier alpha value is -5.01. The van der Waals surface area contributed by atoms with Gasteiger partial charge in [-0.3, -0.25) is 4.98 Å². The second kappa shape index (κ2) is 10.4. The van der Waals surface area contributed by atoms with E-state index in [9.17, 15) is 0 Å². The van der Waals surface area contributed by atoms with E-state index in [2.05, 4.69) is 138 Å². The first kappa shape index (κ1) is 24.8. The third-order valence-electron chi connectivity index (χ3n) is 9.12. The fourth-order valence-electron chi connectivity index (χ4n) is 7.27. The van der Waals surface area contributed by atoms with Gasteiger partial charge in [-0.05, 0) is 90.9 Å². The molecule has 1 heteroatoms. The van der Waals surface area contributed by atoms with E-state index < -0.39 is 0 Å². The molecule has 0 radical (unpaired) electrons. The number of aromatic nitrogens is 1. The van der Waals surface area contributed by atoms with Gasteiger partial charge >= 0.3 is 0 Å². The van der Waals surface area contributed by atoms with Crippen LogP contribution < -0.4 is 0 Å². The van der Waals surface area contributed by atoms with Gasteiger partial charge in [0.05, 0.1) is 0 Å². The molecule has 0 N–H and O–H groups in total. The Morgan fingerprint density at radius 3 is 1.90 bits per heavy atom. The number of fused-ring (bicyclic) bond motifs is 3. The largest absolute Gasteiger partial charge is 0.264 e. The lowest BCUT2D eigenvalue weighted by molar-refractivity contribution is 0.515. The van der Waals surface area contributed by atoms with Crippen LogP contribution in [0.4, 0.5) is 0 Å². The van der Waals surface area contributed by atoms with Crippen LogP contribution in [0.3, 0.4) is 0 Å². The number of hydrogen-bond acceptors (Lipinski definition) is 1. The smallest absolute Gasteiger partial charge is 0.0346 e. The van der Waals surface area contributed by atoms with Crippen LogP contribution in [0.25, 0.3) is 49.4 Å². The molecule has 0 spiro atoms. The lowest BCUT2D eigenvalue weighted by atomic mass is 9.68. The lowest BCUT2D eigenvalue weighted by Gasteiger charge is -2.36. The summed E-state index contributed by atoms with van der Waals surface area (Å²) in [7, 11) is 0. The van der Waals surface area contributed by atoms with Crippen molar-refractivity contribution < 1.29 is 0 Å². The monoisotopic (exact) mass is 537 g/mol. The highest BCUT2D eigenvalue weighted by Gasteiger charge is 2.33. The Morgan fingerprint density at radius 2 is 1.21 bits per heavy atom. The van der Waals surface area contributed by atoms with Crippen LogP contribution in [0.15, 0.2) is 158 Å². The topological polar surface area (TPSA) is 12.9 Å². The zero-order valence-corrected chi connectivity index (χ0v) is 23.4. The van der Waals surface area contributed by atoms with E-state index in [-0.39, 0.29) is 0 Å². The number of pyridine rings is 1. The molecular formula is C41H31N. The Bertz CT molecular complexity index is 1950. The lowest BCUT2D eigenvalue weighted by Crippen LogP contribution is -2.20. The molecular weight excluding hydrogens is 506 g/mol. The second-order valence-corrected chi connectivity index (χ2v) is 11.4. The Balaban J connectivity index is 1.25. The first-order valence-electron chi connectivity index (χ1n) is 15.0. The van der Waals surface area contributed by atoms with Crippen LogP contribution in [-0.4, -0.2) is 4.98 Å². The minimum atomic E-state index is 0.308. The first-order chi connectivity index (χ1) is 20.9. The molecule has 0 fully saturated rings. The van der Waals surface area contributed by atoms with Gasteiger partial charge < -0.3 is 0 Å². The molecule has 8 rings (SSSR count). The van der Waals surface area contributed by atoms with Gasteiger partial charge in [-0.1, -0.05) is 133 Å². The molecule has 0 saturated carbocycles. The molecule has 0 saturated heterocycles. The van der Waals surface area contributed by atoms with Crippen molar-refractivity contribution in [2.45, 2.75) is 18.8 Å². The van der Waals surface area contributed by atoms with Crippen molar-refractivity contribution in [3.63, 3.8) is 0 Å². The molecule has 2 atom stereocenters. The summed E-state index contributed by atoms with van der Waals surface area (Å²) in [6.45, 7) is 0. The van der Waals surface area contributed by atoms with Crippen LogP contribution in [0.5, 0.6) is 0 Å². The SMILES string of the molecule is C1=CC(c2c3ccccc3c(-c3ccccc3)c3ccccc23)C2CCC=C(c3ccc(-c4cccnc4)cc3)C2=C1. The summed E-state index contributed by atoms with van der Waals surface area (Å²) in [6.07, 6.45) is 15.6. The predicted octanol–water partition coefficient (Wildman–Crippen LogP) is 10.8. The van der Waals surface area contributed by atoms with Crippen LogP contribution >= 0.6 is 0 Å². The number of rotatable bonds is 4. The van der Waals surface area contributed by atoms with Crippen molar-refractivity contribution in [3.8, 4) is 22.3 Å². The fourth-order valence-corrected chi connectivity index (χ4v) is 7.27. The number of benzene rings is 5. The molecule has 2 aliphatic carbocycles. The highest BCUT2D eigenvalue weighted by Crippen LogP contribution is 2.50. The Kier molecular flexibility index (Phi) is 6.15. The number of nitrogens with zero attached hydrogens (tertiary/aromatic N) is 1. The summed E-state index contributed by atoms with van der Waals surface area (Å²) in [5.74, 6) is 0.741. The maximum atomic E-state index is 4.30. The highest BCUT2D eigenvalue weighted by atomic mass is 14.6. The standard InChI is InChI=1S/C41H31N/c1-2-11-30(12-3-1)40-36-14-4-6-16-38(36)41(39-17-7-5-15-37(39)40)35-21-9-19-33-32(18-8-20-34(33)35)29-24-22-28(23-25-29)31-13-10-26-42-27-31/h1-7,9-19,21-27,34-35H,8,20H2. The molecule has 2 unspecified atom stereocenters. The highest BCUT2D eigenvalue weighted by molar-refractivity contribution is 6.15. The van der Waals surface area contributed by atoms with Crippen molar-refractivity contribution in [1.82, 2.24) is 4.98 Å². The van der Waals surface area contributed by atoms with Gasteiger partial charge in [0.2, 0.25) is 0 Å². The van der Waals surface area contributed by atoms with Crippen LogP contribution in [0.1, 0.15) is 29.9 Å². The number of hydrogen-bond donors (Lipinski definition) is 0. The quantitative estimate of drug-likeness (QED) is 0.204. The molecule has 1 heterocycles. The maximum Gasteiger partial charge on any atom is 0.0346 e. The molecule has 0 aliphatic heterocycles. The average molecular weight is 538 g/mol. The van der Waals surface area contributed by atoms with Crippen molar-refractivity contribution in [2.75, 3.05) is 0 Å². The van der Waals surface area contributed by atoms with Gasteiger partial charge in [-0.25, -0.2) is 0 Å². The average Bonchev–Trinajstić information content (AvgIpc) is 3.07. The second-order valence-electron chi connectivity index (χ2n) is 11.4. The summed E-state index contributed by atoms with van der Waals surface area (Å²) >= 11 is 0. The normalized spacial score (nSPS) is 18.0. The minimum absolute atomic E-state index is 0.308. The van der Waals surface area contributed by atoms with E-state index in [4.69, 9.17) is 0 Å². The molecule has 6 aromatic rings. The molecule has 2 aliphatic rings. The van der Waals surface area contributed by atoms with Crippen LogP contribution in [0.2, 0.25) is 0 Å². The van der Waals surface area contributed by atoms with Crippen LogP contribution in [-0.2, 0) is 0 Å². The molecule has 5 aromatic carbocycles. The van der Waals surface area contributed by atoms with Crippen molar-refractivity contribution in [2.24, 2.45) is 5.92 Å². The summed E-state index contributed by atoms with van der Waals surface area (Å²) in [5.41, 5.74) is 10.6.